The smallest absolute Gasteiger partial charge is 0.243 e. The molecule has 1 atom stereocenters. The van der Waals surface area contributed by atoms with E-state index in [-0.39, 0.29) is 23.3 Å². The third-order valence-corrected chi connectivity index (χ3v) is 5.80. The molecule has 1 aliphatic heterocycles. The first-order valence-electron chi connectivity index (χ1n) is 6.03. The number of benzene rings is 1. The van der Waals surface area contributed by atoms with Crippen molar-refractivity contribution >= 4 is 38.4 Å². The van der Waals surface area contributed by atoms with Gasteiger partial charge in [0, 0.05) is 25.7 Å². The number of methoxy groups -OCH3 is 1. The summed E-state index contributed by atoms with van der Waals surface area (Å²) in [6.45, 7) is 3.76. The van der Waals surface area contributed by atoms with E-state index >= 15 is 0 Å². The minimum atomic E-state index is -3.45. The Hall–Kier alpha value is -0.340. The quantitative estimate of drug-likeness (QED) is 0.863. The van der Waals surface area contributed by atoms with Gasteiger partial charge in [0.2, 0.25) is 10.0 Å². The molecule has 0 aliphatic carbocycles. The number of hydrogen-bond donors (Lipinski definition) is 1. The van der Waals surface area contributed by atoms with Gasteiger partial charge >= 0.3 is 0 Å². The average Bonchev–Trinajstić information content (AvgIpc) is 2.39. The van der Waals surface area contributed by atoms with Crippen molar-refractivity contribution in [1.29, 1.82) is 0 Å². The Morgan fingerprint density at radius 3 is 2.70 bits per heavy atom. The largest absolute Gasteiger partial charge is 0.496 e. The van der Waals surface area contributed by atoms with Crippen molar-refractivity contribution in [3.63, 3.8) is 0 Å². The molecule has 2 rings (SSSR count). The van der Waals surface area contributed by atoms with Gasteiger partial charge in [0.15, 0.2) is 0 Å². The molecule has 114 valence electrons. The number of nitrogens with zero attached hydrogens (tertiary/aromatic N) is 1. The summed E-state index contributed by atoms with van der Waals surface area (Å²) >= 11 is 3.32. The second-order valence-electron chi connectivity index (χ2n) is 4.47. The highest BCUT2D eigenvalue weighted by Gasteiger charge is 2.31. The van der Waals surface area contributed by atoms with Crippen LogP contribution in [0.1, 0.15) is 6.92 Å². The summed E-state index contributed by atoms with van der Waals surface area (Å²) < 4.78 is 32.5. The van der Waals surface area contributed by atoms with Crippen LogP contribution in [0, 0.1) is 0 Å². The lowest BCUT2D eigenvalue weighted by Gasteiger charge is -2.32. The number of nitrogens with one attached hydrogen (secondary N) is 1. The summed E-state index contributed by atoms with van der Waals surface area (Å²) in [6, 6.07) is 4.78. The second kappa shape index (κ2) is 7.09. The van der Waals surface area contributed by atoms with Crippen molar-refractivity contribution < 1.29 is 13.2 Å². The average molecular weight is 386 g/mol. The van der Waals surface area contributed by atoms with Crippen LogP contribution in [-0.2, 0) is 10.0 Å². The zero-order valence-corrected chi connectivity index (χ0v) is 14.5. The fourth-order valence-electron chi connectivity index (χ4n) is 2.12. The van der Waals surface area contributed by atoms with Gasteiger partial charge < -0.3 is 10.1 Å². The van der Waals surface area contributed by atoms with Crippen LogP contribution in [0.25, 0.3) is 0 Å². The van der Waals surface area contributed by atoms with E-state index in [9.17, 15) is 8.42 Å². The van der Waals surface area contributed by atoms with Gasteiger partial charge in [-0.25, -0.2) is 8.42 Å². The molecule has 1 aliphatic rings. The standard InChI is InChI=1S/C12H17BrN2O3S.ClH/c1-9-8-14-5-6-15(9)19(16,17)10-3-4-12(18-2)11(13)7-10;/h3-4,7,9,14H,5-6,8H2,1-2H3;1H. The summed E-state index contributed by atoms with van der Waals surface area (Å²) in [5, 5.41) is 3.18. The molecule has 1 fully saturated rings. The molecule has 8 heteroatoms. The molecule has 0 spiro atoms. The molecular formula is C12H18BrClN2O3S. The van der Waals surface area contributed by atoms with E-state index in [0.29, 0.717) is 29.9 Å². The number of sulfonamides is 1. The van der Waals surface area contributed by atoms with Crippen molar-refractivity contribution in [2.75, 3.05) is 26.7 Å². The summed E-state index contributed by atoms with van der Waals surface area (Å²) in [6.07, 6.45) is 0. The number of rotatable bonds is 3. The van der Waals surface area contributed by atoms with Crippen LogP contribution in [0.15, 0.2) is 27.6 Å². The lowest BCUT2D eigenvalue weighted by Crippen LogP contribution is -2.52. The molecule has 1 N–H and O–H groups in total. The fraction of sp³-hybridized carbons (Fsp3) is 0.500. The van der Waals surface area contributed by atoms with Crippen molar-refractivity contribution in [3.05, 3.63) is 22.7 Å². The molecule has 0 radical (unpaired) electrons. The fourth-order valence-corrected chi connectivity index (χ4v) is 4.47. The highest BCUT2D eigenvalue weighted by Crippen LogP contribution is 2.29. The minimum absolute atomic E-state index is 0. The van der Waals surface area contributed by atoms with Crippen molar-refractivity contribution in [2.45, 2.75) is 17.9 Å². The van der Waals surface area contributed by atoms with Gasteiger partial charge in [-0.15, -0.1) is 12.4 Å². The van der Waals surface area contributed by atoms with Crippen LogP contribution in [0.5, 0.6) is 5.75 Å². The zero-order chi connectivity index (χ0) is 14.0. The van der Waals surface area contributed by atoms with Gasteiger partial charge in [-0.1, -0.05) is 0 Å². The molecular weight excluding hydrogens is 368 g/mol. The molecule has 1 heterocycles. The van der Waals surface area contributed by atoms with E-state index in [4.69, 9.17) is 4.74 Å². The van der Waals surface area contributed by atoms with Crippen LogP contribution in [0.2, 0.25) is 0 Å². The van der Waals surface area contributed by atoms with E-state index in [1.54, 1.807) is 25.3 Å². The van der Waals surface area contributed by atoms with Crippen LogP contribution in [-0.4, -0.2) is 45.5 Å². The van der Waals surface area contributed by atoms with Crippen LogP contribution >= 0.6 is 28.3 Å². The Balaban J connectivity index is 0.00000200. The van der Waals surface area contributed by atoms with Crippen molar-refractivity contribution in [3.8, 4) is 5.75 Å². The van der Waals surface area contributed by atoms with Gasteiger partial charge in [-0.05, 0) is 41.1 Å². The maximum atomic E-state index is 12.6. The van der Waals surface area contributed by atoms with Crippen molar-refractivity contribution in [2.24, 2.45) is 0 Å². The number of ether oxygens (including phenoxy) is 1. The first-order valence-corrected chi connectivity index (χ1v) is 8.26. The highest BCUT2D eigenvalue weighted by atomic mass is 79.9. The first-order chi connectivity index (χ1) is 8.96. The zero-order valence-electron chi connectivity index (χ0n) is 11.3. The van der Waals surface area contributed by atoms with E-state index in [1.807, 2.05) is 6.92 Å². The lowest BCUT2D eigenvalue weighted by molar-refractivity contribution is 0.284. The Bertz CT molecular complexity index is 568. The Morgan fingerprint density at radius 2 is 2.15 bits per heavy atom. The molecule has 1 unspecified atom stereocenters. The predicted octanol–water partition coefficient (Wildman–Crippen LogP) is 1.86. The third kappa shape index (κ3) is 3.46. The monoisotopic (exact) mass is 384 g/mol. The molecule has 1 saturated heterocycles. The molecule has 0 saturated carbocycles. The number of hydrogen-bond acceptors (Lipinski definition) is 4. The summed E-state index contributed by atoms with van der Waals surface area (Å²) in [7, 11) is -1.90. The summed E-state index contributed by atoms with van der Waals surface area (Å²) in [5.74, 6) is 0.618. The third-order valence-electron chi connectivity index (χ3n) is 3.17. The Kier molecular flexibility index (Phi) is 6.27. The molecule has 0 amide bonds. The lowest BCUT2D eigenvalue weighted by atomic mass is 10.3. The van der Waals surface area contributed by atoms with E-state index in [0.717, 1.165) is 0 Å². The predicted molar refractivity (Wildman–Crippen MR) is 84.2 cm³/mol. The SMILES string of the molecule is COc1ccc(S(=O)(=O)N2CCNCC2C)cc1Br.Cl. The molecule has 1 aromatic carbocycles. The van der Waals surface area contributed by atoms with Crippen LogP contribution < -0.4 is 10.1 Å². The first kappa shape index (κ1) is 17.7. The second-order valence-corrected chi connectivity index (χ2v) is 7.21. The van der Waals surface area contributed by atoms with E-state index in [2.05, 4.69) is 21.2 Å². The topological polar surface area (TPSA) is 58.6 Å². The van der Waals surface area contributed by atoms with Crippen LogP contribution in [0.4, 0.5) is 0 Å². The van der Waals surface area contributed by atoms with Gasteiger partial charge in [0.05, 0.1) is 16.5 Å². The molecule has 20 heavy (non-hydrogen) atoms. The summed E-state index contributed by atoms with van der Waals surface area (Å²) in [4.78, 5) is 0.286. The van der Waals surface area contributed by atoms with Gasteiger partial charge in [-0.3, -0.25) is 0 Å². The molecule has 5 nitrogen and oxygen atoms in total. The normalized spacial score (nSPS) is 20.2. The van der Waals surface area contributed by atoms with Gasteiger partial charge in [0.25, 0.3) is 0 Å². The molecule has 1 aromatic rings. The van der Waals surface area contributed by atoms with E-state index in [1.165, 1.54) is 4.31 Å². The van der Waals surface area contributed by atoms with Crippen molar-refractivity contribution in [1.82, 2.24) is 9.62 Å². The summed E-state index contributed by atoms with van der Waals surface area (Å²) in [5.41, 5.74) is 0. The Morgan fingerprint density at radius 1 is 1.45 bits per heavy atom. The van der Waals surface area contributed by atoms with E-state index < -0.39 is 10.0 Å². The van der Waals surface area contributed by atoms with Gasteiger partial charge in [0.1, 0.15) is 5.75 Å². The molecule has 0 bridgehead atoms. The number of piperazine rings is 1. The maximum Gasteiger partial charge on any atom is 0.243 e. The number of halogens is 2. The van der Waals surface area contributed by atoms with Gasteiger partial charge in [-0.2, -0.15) is 4.31 Å². The molecule has 0 aromatic heterocycles. The minimum Gasteiger partial charge on any atom is -0.496 e. The highest BCUT2D eigenvalue weighted by molar-refractivity contribution is 9.10. The maximum absolute atomic E-state index is 12.6. The van der Waals surface area contributed by atoms with Crippen LogP contribution in [0.3, 0.4) is 0 Å². The Labute approximate surface area is 134 Å².